The fourth-order valence-electron chi connectivity index (χ4n) is 2.32. The Bertz CT molecular complexity index is 431. The Morgan fingerprint density at radius 3 is 1.89 bits per heavy atom. The van der Waals surface area contributed by atoms with Gasteiger partial charge in [0.25, 0.3) is 0 Å². The van der Waals surface area contributed by atoms with Crippen molar-refractivity contribution in [2.45, 2.75) is 50.5 Å². The fourth-order valence-corrected chi connectivity index (χ4v) is 2.45. The van der Waals surface area contributed by atoms with E-state index >= 15 is 0 Å². The number of nitrogens with zero attached hydrogens (tertiary/aromatic N) is 2. The molecule has 0 radical (unpaired) electrons. The van der Waals surface area contributed by atoms with Crippen LogP contribution in [-0.4, -0.2) is 66.6 Å². The first kappa shape index (κ1) is 9.47. The summed E-state index contributed by atoms with van der Waals surface area (Å²) in [5, 5.41) is 9.06. The predicted octanol–water partition coefficient (Wildman–Crippen LogP) is 2.59. The molecular weight excluding hydrogens is 283 g/mol. The molecule has 2 atom stereocenters. The molecule has 2 aliphatic heterocycles. The first-order valence-corrected chi connectivity index (χ1v) is 6.73. The molecule has 2 fully saturated rings. The summed E-state index contributed by atoms with van der Waals surface area (Å²) >= 11 is 5.40. The summed E-state index contributed by atoms with van der Waals surface area (Å²) in [5.41, 5.74) is 0. The predicted molar refractivity (Wildman–Crippen MR) is 85.6 cm³/mol. The van der Waals surface area contributed by atoms with Crippen molar-refractivity contribution >= 4 is 24.0 Å². The van der Waals surface area contributed by atoms with Crippen molar-refractivity contribution in [2.24, 2.45) is 0 Å². The highest BCUT2D eigenvalue weighted by Gasteiger charge is 2.19. The van der Waals surface area contributed by atoms with E-state index in [0.29, 0.717) is 12.8 Å². The van der Waals surface area contributed by atoms with E-state index in [1.54, 1.807) is 19.0 Å². The van der Waals surface area contributed by atoms with Gasteiger partial charge in [0.15, 0.2) is 0 Å². The summed E-state index contributed by atoms with van der Waals surface area (Å²) in [6.07, 6.45) is -1.14. The lowest BCUT2D eigenvalue weighted by atomic mass is 10.2. The van der Waals surface area contributed by atoms with Crippen molar-refractivity contribution in [3.05, 3.63) is 0 Å². The lowest BCUT2D eigenvalue weighted by Gasteiger charge is -2.17. The van der Waals surface area contributed by atoms with Crippen molar-refractivity contribution in [1.82, 2.24) is 9.80 Å². The largest absolute Gasteiger partial charge is 0.396 e. The second-order valence-electron chi connectivity index (χ2n) is 4.77. The van der Waals surface area contributed by atoms with Crippen LogP contribution >= 0.6 is 24.0 Å². The van der Waals surface area contributed by atoms with Gasteiger partial charge in [0.1, 0.15) is 0 Å². The van der Waals surface area contributed by atoms with Crippen LogP contribution in [0.3, 0.4) is 0 Å². The fraction of sp³-hybridized carbons (Fsp3) is 1.00. The molecule has 2 aliphatic rings. The summed E-state index contributed by atoms with van der Waals surface area (Å²) in [5.74, 6) is -2.30. The van der Waals surface area contributed by atoms with Crippen LogP contribution in [0.25, 0.3) is 0 Å². The third-order valence-electron chi connectivity index (χ3n) is 3.49. The molecule has 0 aliphatic carbocycles. The van der Waals surface area contributed by atoms with Crippen molar-refractivity contribution < 1.29 is 16.1 Å². The molecule has 0 saturated carbocycles. The smallest absolute Gasteiger partial charge is 0.0564 e. The molecule has 0 aromatic rings. The lowest BCUT2D eigenvalue weighted by molar-refractivity contribution is 0.220. The van der Waals surface area contributed by atoms with Gasteiger partial charge in [0, 0.05) is 32.7 Å². The third-order valence-corrected chi connectivity index (χ3v) is 3.60. The topological polar surface area (TPSA) is 26.7 Å². The molecule has 1 N–H and O–H groups in total. The normalized spacial score (nSPS) is 37.1. The molecule has 5 heteroatoms. The molecule has 0 spiro atoms. The zero-order valence-electron chi connectivity index (χ0n) is 19.5. The zero-order chi connectivity index (χ0) is 20.6. The maximum Gasteiger partial charge on any atom is 0.0564 e. The molecule has 116 valence electrons. The van der Waals surface area contributed by atoms with Crippen LogP contribution in [0.15, 0.2) is 0 Å². The standard InChI is InChI=1S/C7H14ClN.C7H15NO.ClH/c1-9-6-2-3-7(9)4-5-8;1-8-5-2-3-7(8)4-6-9;/h7H,2-6H2,1H3;7,9H,2-6H2,1H3;1H/t2*7-;/m11./s1/i4D2,5D2;4D2,6D2;. The summed E-state index contributed by atoms with van der Waals surface area (Å²) in [4.78, 5) is 3.59. The van der Waals surface area contributed by atoms with Gasteiger partial charge in [-0.05, 0) is 65.6 Å². The molecule has 0 aromatic carbocycles. The molecular formula is C14H30Cl2N2O. The monoisotopic (exact) mass is 320 g/mol. The Hall–Kier alpha value is 0.460. The number of rotatable bonds is 4. The molecule has 19 heavy (non-hydrogen) atoms. The van der Waals surface area contributed by atoms with Gasteiger partial charge in [0.05, 0.1) is 2.74 Å². The van der Waals surface area contributed by atoms with Gasteiger partial charge in [-0.2, -0.15) is 0 Å². The maximum absolute atomic E-state index is 9.06. The number of likely N-dealkylation sites (tertiary alicyclic amines) is 2. The van der Waals surface area contributed by atoms with Crippen LogP contribution in [0.2, 0.25) is 0 Å². The van der Waals surface area contributed by atoms with E-state index < -0.39 is 37.2 Å². The number of hydrogen-bond acceptors (Lipinski definition) is 3. The Kier molecular flexibility index (Phi) is 5.56. The second kappa shape index (κ2) is 11.2. The van der Waals surface area contributed by atoms with Gasteiger partial charge in [-0.15, -0.1) is 24.0 Å². The van der Waals surface area contributed by atoms with Gasteiger partial charge >= 0.3 is 0 Å². The van der Waals surface area contributed by atoms with Crippen molar-refractivity contribution in [1.29, 1.82) is 0 Å². The van der Waals surface area contributed by atoms with Crippen LogP contribution in [0, 0.1) is 0 Å². The molecule has 3 nitrogen and oxygen atoms in total. The SMILES string of the molecule is Cl.[2H]C([2H])(Cl)C([2H])([2H])[C@H]1CCCN1C.[2H]C([2H])(O)C([2H])([2H])[C@H]1CCCN1C. The minimum absolute atomic E-state index is 0. The highest BCUT2D eigenvalue weighted by molar-refractivity contribution is 6.17. The lowest BCUT2D eigenvalue weighted by Crippen LogP contribution is -2.25. The second-order valence-corrected chi connectivity index (χ2v) is 4.96. The highest BCUT2D eigenvalue weighted by Crippen LogP contribution is 2.17. The first-order valence-electron chi connectivity index (χ1n) is 10.3. The number of halogens is 2. The molecule has 0 unspecified atom stereocenters. The van der Waals surface area contributed by atoms with Crippen LogP contribution in [0.4, 0.5) is 0 Å². The average Bonchev–Trinajstić information content (AvgIpc) is 3.05. The van der Waals surface area contributed by atoms with Crippen LogP contribution in [0.1, 0.15) is 49.4 Å². The number of aliphatic hydroxyl groups is 1. The van der Waals surface area contributed by atoms with Gasteiger partial charge in [0.2, 0.25) is 0 Å². The minimum Gasteiger partial charge on any atom is -0.396 e. The third kappa shape index (κ3) is 7.14. The Balaban J connectivity index is 0.000000483. The molecule has 2 heterocycles. The van der Waals surface area contributed by atoms with E-state index in [2.05, 4.69) is 0 Å². The molecule has 0 bridgehead atoms. The summed E-state index contributed by atoms with van der Waals surface area (Å²) in [6, 6.07) is -0.924. The van der Waals surface area contributed by atoms with Gasteiger partial charge in [-0.1, -0.05) is 0 Å². The van der Waals surface area contributed by atoms with E-state index in [1.807, 2.05) is 4.90 Å². The average molecular weight is 321 g/mol. The van der Waals surface area contributed by atoms with Gasteiger partial charge < -0.3 is 14.9 Å². The summed E-state index contributed by atoms with van der Waals surface area (Å²) in [6.45, 7) is -1.19. The van der Waals surface area contributed by atoms with E-state index in [9.17, 15) is 0 Å². The Morgan fingerprint density at radius 2 is 1.58 bits per heavy atom. The quantitative estimate of drug-likeness (QED) is 0.806. The van der Waals surface area contributed by atoms with E-state index in [1.165, 1.54) is 0 Å². The molecule has 0 aromatic heterocycles. The van der Waals surface area contributed by atoms with Gasteiger partial charge in [-0.25, -0.2) is 0 Å². The summed E-state index contributed by atoms with van der Waals surface area (Å²) in [7, 11) is 3.55. The Labute approximate surface area is 140 Å². The van der Waals surface area contributed by atoms with Gasteiger partial charge in [-0.3, -0.25) is 0 Å². The van der Waals surface area contributed by atoms with Crippen LogP contribution < -0.4 is 0 Å². The van der Waals surface area contributed by atoms with Crippen LogP contribution in [-0.2, 0) is 0 Å². The highest BCUT2D eigenvalue weighted by atomic mass is 35.5. The summed E-state index contributed by atoms with van der Waals surface area (Å²) < 4.78 is 58.7. The van der Waals surface area contributed by atoms with Crippen LogP contribution in [0.5, 0.6) is 0 Å². The zero-order valence-corrected chi connectivity index (χ0v) is 13.1. The molecule has 2 rings (SSSR count). The maximum atomic E-state index is 9.06. The first-order chi connectivity index (χ1) is 11.5. The van der Waals surface area contributed by atoms with Crippen molar-refractivity contribution in [3.63, 3.8) is 0 Å². The van der Waals surface area contributed by atoms with E-state index in [-0.39, 0.29) is 12.4 Å². The number of hydrogen-bond donors (Lipinski definition) is 1. The minimum atomic E-state index is -2.77. The molecule has 0 amide bonds. The number of alkyl halides is 1. The van der Waals surface area contributed by atoms with E-state index in [4.69, 9.17) is 27.7 Å². The van der Waals surface area contributed by atoms with Crippen molar-refractivity contribution in [2.75, 3.05) is 39.6 Å². The van der Waals surface area contributed by atoms with E-state index in [0.717, 1.165) is 25.9 Å². The van der Waals surface area contributed by atoms with Crippen molar-refractivity contribution in [3.8, 4) is 0 Å². The molecule has 2 saturated heterocycles. The Morgan fingerprint density at radius 1 is 1.11 bits per heavy atom.